The van der Waals surface area contributed by atoms with Gasteiger partial charge in [-0.15, -0.1) is 0 Å². The van der Waals surface area contributed by atoms with Crippen LogP contribution in [0, 0.1) is 5.82 Å². The van der Waals surface area contributed by atoms with E-state index in [2.05, 4.69) is 15.0 Å². The Labute approximate surface area is 175 Å². The van der Waals surface area contributed by atoms with Crippen molar-refractivity contribution in [3.05, 3.63) is 60.3 Å². The fourth-order valence-electron chi connectivity index (χ4n) is 3.02. The first kappa shape index (κ1) is 21.4. The van der Waals surface area contributed by atoms with Gasteiger partial charge in [-0.25, -0.2) is 14.4 Å². The molecule has 0 fully saturated rings. The molecular weight excluding hydrogens is 385 g/mol. The van der Waals surface area contributed by atoms with Crippen molar-refractivity contribution >= 4 is 11.7 Å². The summed E-state index contributed by atoms with van der Waals surface area (Å²) in [6.45, 7) is 4.71. The van der Waals surface area contributed by atoms with Crippen LogP contribution < -0.4 is 4.90 Å². The third kappa shape index (κ3) is 4.82. The van der Waals surface area contributed by atoms with E-state index in [0.717, 1.165) is 24.4 Å². The highest BCUT2D eigenvalue weighted by atomic mass is 19.1. The van der Waals surface area contributed by atoms with Gasteiger partial charge in [0.05, 0.1) is 29.8 Å². The largest absolute Gasteiger partial charge is 0.443 e. The summed E-state index contributed by atoms with van der Waals surface area (Å²) in [7, 11) is 3.67. The molecule has 158 valence electrons. The molecule has 0 saturated carbocycles. The van der Waals surface area contributed by atoms with E-state index in [0.29, 0.717) is 17.9 Å². The molecule has 0 aliphatic carbocycles. The lowest BCUT2D eigenvalue weighted by atomic mass is 10.1. The highest BCUT2D eigenvalue weighted by Crippen LogP contribution is 2.24. The zero-order chi connectivity index (χ0) is 21.7. The van der Waals surface area contributed by atoms with Gasteiger partial charge in [0.25, 0.3) is 5.91 Å². The lowest BCUT2D eigenvalue weighted by Gasteiger charge is -2.27. The van der Waals surface area contributed by atoms with Gasteiger partial charge >= 0.3 is 0 Å². The minimum absolute atomic E-state index is 0.0418. The summed E-state index contributed by atoms with van der Waals surface area (Å²) in [5.41, 5.74) is 1.52. The van der Waals surface area contributed by atoms with E-state index < -0.39 is 5.82 Å². The van der Waals surface area contributed by atoms with E-state index in [9.17, 15) is 9.18 Å². The average Bonchev–Trinajstić information content (AvgIpc) is 3.30. The molecule has 1 amide bonds. The highest BCUT2D eigenvalue weighted by Gasteiger charge is 2.20. The van der Waals surface area contributed by atoms with Crippen molar-refractivity contribution in [1.29, 1.82) is 0 Å². The molecular formula is C22H26FN5O2. The fraction of sp³-hybridized carbons (Fsp3) is 0.364. The molecule has 1 unspecified atom stereocenters. The number of aromatic nitrogens is 3. The molecule has 0 aliphatic rings. The third-order valence-electron chi connectivity index (χ3n) is 5.22. The SMILES string of the molecule is CCc1cnc(N(C)CCC(C)N(C)C(=O)c2ccc(-c3cnco3)c(F)c2)cn1. The van der Waals surface area contributed by atoms with Gasteiger partial charge in [0.2, 0.25) is 0 Å². The number of hydrogen-bond donors (Lipinski definition) is 0. The molecule has 1 atom stereocenters. The third-order valence-corrected chi connectivity index (χ3v) is 5.22. The van der Waals surface area contributed by atoms with E-state index in [-0.39, 0.29) is 17.5 Å². The van der Waals surface area contributed by atoms with Gasteiger partial charge in [0.1, 0.15) is 11.6 Å². The Morgan fingerprint density at radius 3 is 2.60 bits per heavy atom. The summed E-state index contributed by atoms with van der Waals surface area (Å²) >= 11 is 0. The maximum atomic E-state index is 14.5. The van der Waals surface area contributed by atoms with Crippen LogP contribution in [0.4, 0.5) is 10.2 Å². The molecule has 0 N–H and O–H groups in total. The second kappa shape index (κ2) is 9.47. The van der Waals surface area contributed by atoms with Crippen LogP contribution in [0.2, 0.25) is 0 Å². The number of benzene rings is 1. The number of aryl methyl sites for hydroxylation is 1. The molecule has 0 aliphatic heterocycles. The molecule has 30 heavy (non-hydrogen) atoms. The van der Waals surface area contributed by atoms with E-state index in [1.807, 2.05) is 25.8 Å². The van der Waals surface area contributed by atoms with E-state index in [4.69, 9.17) is 4.42 Å². The molecule has 0 spiro atoms. The fourth-order valence-corrected chi connectivity index (χ4v) is 3.02. The van der Waals surface area contributed by atoms with E-state index >= 15 is 0 Å². The van der Waals surface area contributed by atoms with Gasteiger partial charge in [0, 0.05) is 32.2 Å². The number of nitrogens with zero attached hydrogens (tertiary/aromatic N) is 5. The summed E-state index contributed by atoms with van der Waals surface area (Å²) in [6, 6.07) is 4.33. The lowest BCUT2D eigenvalue weighted by molar-refractivity contribution is 0.0738. The number of halogens is 1. The second-order valence-electron chi connectivity index (χ2n) is 7.26. The number of rotatable bonds is 8. The quantitative estimate of drug-likeness (QED) is 0.561. The topological polar surface area (TPSA) is 75.4 Å². The zero-order valence-corrected chi connectivity index (χ0v) is 17.7. The van der Waals surface area contributed by atoms with Crippen molar-refractivity contribution < 1.29 is 13.6 Å². The summed E-state index contributed by atoms with van der Waals surface area (Å²) in [4.78, 5) is 29.0. The highest BCUT2D eigenvalue weighted by molar-refractivity contribution is 5.94. The molecule has 0 bridgehead atoms. The maximum Gasteiger partial charge on any atom is 0.253 e. The number of carbonyl (C=O) groups excluding carboxylic acids is 1. The number of oxazole rings is 1. The van der Waals surface area contributed by atoms with Crippen molar-refractivity contribution in [2.24, 2.45) is 0 Å². The van der Waals surface area contributed by atoms with Crippen molar-refractivity contribution in [3.63, 3.8) is 0 Å². The predicted octanol–water partition coefficient (Wildman–Crippen LogP) is 3.82. The minimum Gasteiger partial charge on any atom is -0.443 e. The number of hydrogen-bond acceptors (Lipinski definition) is 6. The van der Waals surface area contributed by atoms with Crippen LogP contribution in [-0.4, -0.2) is 52.4 Å². The van der Waals surface area contributed by atoms with Crippen LogP contribution in [0.15, 0.2) is 47.6 Å². The molecule has 7 nitrogen and oxygen atoms in total. The minimum atomic E-state index is -0.521. The first-order valence-corrected chi connectivity index (χ1v) is 9.88. The van der Waals surface area contributed by atoms with Gasteiger partial charge in [0.15, 0.2) is 12.2 Å². The summed E-state index contributed by atoms with van der Waals surface area (Å²) < 4.78 is 19.6. The molecule has 3 rings (SSSR count). The smallest absolute Gasteiger partial charge is 0.253 e. The first-order valence-electron chi connectivity index (χ1n) is 9.88. The zero-order valence-electron chi connectivity index (χ0n) is 17.7. The normalized spacial score (nSPS) is 11.9. The summed E-state index contributed by atoms with van der Waals surface area (Å²) in [5, 5.41) is 0. The van der Waals surface area contributed by atoms with Crippen LogP contribution in [0.25, 0.3) is 11.3 Å². The standard InChI is InChI=1S/C22H26FN5O2/c1-5-17-11-26-21(13-25-17)27(3)9-8-15(2)28(4)22(29)16-6-7-18(19(23)10-16)20-12-24-14-30-20/h6-7,10-15H,5,8-9H2,1-4H3. The van der Waals surface area contributed by atoms with E-state index in [1.54, 1.807) is 30.4 Å². The molecule has 0 saturated heterocycles. The molecule has 3 aromatic rings. The van der Waals surface area contributed by atoms with Crippen LogP contribution in [-0.2, 0) is 6.42 Å². The van der Waals surface area contributed by atoms with E-state index in [1.165, 1.54) is 24.7 Å². The Hall–Kier alpha value is -3.29. The van der Waals surface area contributed by atoms with Crippen molar-refractivity contribution in [2.45, 2.75) is 32.7 Å². The maximum absolute atomic E-state index is 14.5. The van der Waals surface area contributed by atoms with Gasteiger partial charge in [-0.3, -0.25) is 9.78 Å². The molecule has 1 aromatic carbocycles. The Bertz CT molecular complexity index is 976. The van der Waals surface area contributed by atoms with Gasteiger partial charge in [-0.1, -0.05) is 6.92 Å². The Morgan fingerprint density at radius 2 is 2.00 bits per heavy atom. The van der Waals surface area contributed by atoms with Gasteiger partial charge < -0.3 is 14.2 Å². The van der Waals surface area contributed by atoms with Gasteiger partial charge in [-0.2, -0.15) is 0 Å². The molecule has 0 radical (unpaired) electrons. The second-order valence-corrected chi connectivity index (χ2v) is 7.26. The molecule has 2 heterocycles. The predicted molar refractivity (Wildman–Crippen MR) is 113 cm³/mol. The average molecular weight is 411 g/mol. The Morgan fingerprint density at radius 1 is 1.20 bits per heavy atom. The van der Waals surface area contributed by atoms with Crippen LogP contribution in [0.3, 0.4) is 0 Å². The van der Waals surface area contributed by atoms with Crippen molar-refractivity contribution in [1.82, 2.24) is 19.9 Å². The van der Waals surface area contributed by atoms with Crippen LogP contribution in [0.5, 0.6) is 0 Å². The Kier molecular flexibility index (Phi) is 6.76. The molecule has 8 heteroatoms. The molecule has 2 aromatic heterocycles. The summed E-state index contributed by atoms with van der Waals surface area (Å²) in [5.74, 6) is 0.359. The van der Waals surface area contributed by atoms with Crippen molar-refractivity contribution in [2.75, 3.05) is 25.5 Å². The Balaban J connectivity index is 1.60. The monoisotopic (exact) mass is 411 g/mol. The number of amides is 1. The number of anilines is 1. The summed E-state index contributed by atoms with van der Waals surface area (Å²) in [6.07, 6.45) is 7.80. The van der Waals surface area contributed by atoms with Crippen LogP contribution in [0.1, 0.15) is 36.3 Å². The number of carbonyl (C=O) groups is 1. The van der Waals surface area contributed by atoms with Gasteiger partial charge in [-0.05, 0) is 38.0 Å². The lowest BCUT2D eigenvalue weighted by Crippen LogP contribution is -2.37. The van der Waals surface area contributed by atoms with Crippen LogP contribution >= 0.6 is 0 Å². The first-order chi connectivity index (χ1) is 14.4. The van der Waals surface area contributed by atoms with Crippen molar-refractivity contribution in [3.8, 4) is 11.3 Å².